The van der Waals surface area contributed by atoms with Gasteiger partial charge >= 0.3 is 0 Å². The third kappa shape index (κ3) is 2.07. The van der Waals surface area contributed by atoms with Crippen LogP contribution < -0.4 is 14.2 Å². The predicted octanol–water partition coefficient (Wildman–Crippen LogP) is 2.51. The fraction of sp³-hybridized carbons (Fsp3) is 0.526. The zero-order valence-electron chi connectivity index (χ0n) is 16.3. The van der Waals surface area contributed by atoms with Crippen LogP contribution in [-0.4, -0.2) is 52.3 Å². The lowest BCUT2D eigenvalue weighted by atomic mass is 9.79. The van der Waals surface area contributed by atoms with Crippen LogP contribution in [0.2, 0.25) is 0 Å². The predicted molar refractivity (Wildman–Crippen MR) is 106 cm³/mol. The number of nitriles is 1. The molecule has 29 heavy (non-hydrogen) atoms. The van der Waals surface area contributed by atoms with Crippen LogP contribution in [0.25, 0.3) is 0 Å². The molecule has 0 N–H and O–H groups in total. The summed E-state index contributed by atoms with van der Waals surface area (Å²) in [6.07, 6.45) is 0.251. The average molecular weight is 434 g/mol. The van der Waals surface area contributed by atoms with Gasteiger partial charge in [-0.3, -0.25) is 9.59 Å². The van der Waals surface area contributed by atoms with Crippen LogP contribution >= 0.6 is 21.6 Å². The van der Waals surface area contributed by atoms with Gasteiger partial charge in [-0.2, -0.15) is 5.26 Å². The number of amides is 2. The van der Waals surface area contributed by atoms with Gasteiger partial charge in [-0.25, -0.2) is 0 Å². The lowest BCUT2D eigenvalue weighted by molar-refractivity contribution is -0.164. The monoisotopic (exact) mass is 433 g/mol. The molecule has 0 aromatic heterocycles. The lowest BCUT2D eigenvalue weighted by Crippen LogP contribution is -2.73. The van der Waals surface area contributed by atoms with Gasteiger partial charge < -0.3 is 24.0 Å². The highest BCUT2D eigenvalue weighted by Gasteiger charge is 2.74. The van der Waals surface area contributed by atoms with Crippen molar-refractivity contribution in [3.63, 3.8) is 0 Å². The largest absolute Gasteiger partial charge is 0.493 e. The molecule has 0 radical (unpaired) electrons. The Hall–Kier alpha value is -2.25. The second-order valence-corrected chi connectivity index (χ2v) is 10.8. The molecule has 8 nitrogen and oxygen atoms in total. The molecule has 2 unspecified atom stereocenters. The minimum atomic E-state index is -1.10. The fourth-order valence-electron chi connectivity index (χ4n) is 4.73. The molecule has 2 bridgehead atoms. The first kappa shape index (κ1) is 18.8. The summed E-state index contributed by atoms with van der Waals surface area (Å²) in [5, 5.41) is 10.1. The molecule has 2 amide bonds. The van der Waals surface area contributed by atoms with Crippen molar-refractivity contribution in [1.82, 2.24) is 9.80 Å². The first-order chi connectivity index (χ1) is 13.7. The van der Waals surface area contributed by atoms with Gasteiger partial charge in [0.15, 0.2) is 21.2 Å². The van der Waals surface area contributed by atoms with Crippen molar-refractivity contribution < 1.29 is 23.8 Å². The van der Waals surface area contributed by atoms with E-state index in [1.165, 1.54) is 33.6 Å². The standard InChI is InChI=1S/C19H19N3O5S2/c1-17(8-20)7-19-16(24)21(3)18(2,28-29-19)15(23)22(19)14(17)10-5-11(25-4)13-12(6-10)26-9-27-13/h5-6,14H,7,9H2,1-4H3/t14-,17-,18?,19?/m1/s1. The third-order valence-corrected chi connectivity index (χ3v) is 10.0. The molecule has 0 aliphatic carbocycles. The Morgan fingerprint density at radius 1 is 1.24 bits per heavy atom. The van der Waals surface area contributed by atoms with Crippen LogP contribution in [-0.2, 0) is 9.59 Å². The zero-order valence-corrected chi connectivity index (χ0v) is 18.0. The van der Waals surface area contributed by atoms with Crippen LogP contribution in [0, 0.1) is 16.7 Å². The number of hydrogen-bond acceptors (Lipinski definition) is 8. The molecule has 4 fully saturated rings. The number of fused-ring (bicyclic) bond motifs is 3. The normalized spacial score (nSPS) is 37.0. The highest BCUT2D eigenvalue weighted by Crippen LogP contribution is 2.69. The molecule has 10 heteroatoms. The Labute approximate surface area is 175 Å². The van der Waals surface area contributed by atoms with Crippen LogP contribution in [0.15, 0.2) is 12.1 Å². The summed E-state index contributed by atoms with van der Waals surface area (Å²) < 4.78 is 16.5. The second-order valence-electron chi connectivity index (χ2n) is 8.04. The first-order valence-corrected chi connectivity index (χ1v) is 11.2. The van der Waals surface area contributed by atoms with Crippen LogP contribution in [0.3, 0.4) is 0 Å². The van der Waals surface area contributed by atoms with Gasteiger partial charge in [0.1, 0.15) is 0 Å². The summed E-state index contributed by atoms with van der Waals surface area (Å²) in [5.41, 5.74) is -0.272. The minimum Gasteiger partial charge on any atom is -0.493 e. The summed E-state index contributed by atoms with van der Waals surface area (Å²) in [6, 6.07) is 5.34. The number of carbonyl (C=O) groups is 2. The quantitative estimate of drug-likeness (QED) is 0.657. The Bertz CT molecular complexity index is 1010. The van der Waals surface area contributed by atoms with E-state index in [-0.39, 0.29) is 25.0 Å². The van der Waals surface area contributed by atoms with Gasteiger partial charge in [-0.15, -0.1) is 0 Å². The smallest absolute Gasteiger partial charge is 0.261 e. The van der Waals surface area contributed by atoms with E-state index in [0.717, 1.165) is 0 Å². The van der Waals surface area contributed by atoms with E-state index in [9.17, 15) is 14.9 Å². The summed E-state index contributed by atoms with van der Waals surface area (Å²) >= 11 is 0. The van der Waals surface area contributed by atoms with Crippen LogP contribution in [0.5, 0.6) is 17.2 Å². The van der Waals surface area contributed by atoms with Crippen molar-refractivity contribution in [2.24, 2.45) is 5.41 Å². The molecule has 5 aliphatic heterocycles. The molecule has 4 atom stereocenters. The van der Waals surface area contributed by atoms with E-state index in [2.05, 4.69) is 6.07 Å². The second kappa shape index (κ2) is 5.67. The van der Waals surface area contributed by atoms with E-state index in [1.54, 1.807) is 31.0 Å². The summed E-state index contributed by atoms with van der Waals surface area (Å²) in [5.74, 6) is 1.18. The van der Waals surface area contributed by atoms with E-state index >= 15 is 0 Å². The lowest BCUT2D eigenvalue weighted by Gasteiger charge is -2.57. The number of benzene rings is 1. The van der Waals surface area contributed by atoms with Crippen molar-refractivity contribution in [3.8, 4) is 23.3 Å². The van der Waals surface area contributed by atoms with Crippen molar-refractivity contribution in [2.45, 2.75) is 36.1 Å². The van der Waals surface area contributed by atoms with Crippen LogP contribution in [0.1, 0.15) is 31.9 Å². The fourth-order valence-corrected chi connectivity index (χ4v) is 8.31. The molecule has 1 aromatic rings. The molecule has 1 spiro atoms. The van der Waals surface area contributed by atoms with Gasteiger partial charge in [-0.05, 0) is 31.5 Å². The highest BCUT2D eigenvalue weighted by molar-refractivity contribution is 8.78. The zero-order chi connectivity index (χ0) is 20.8. The molecule has 6 rings (SSSR count). The molecule has 5 aliphatic rings. The van der Waals surface area contributed by atoms with Gasteiger partial charge in [0.2, 0.25) is 12.5 Å². The molecule has 5 heterocycles. The summed E-state index contributed by atoms with van der Waals surface area (Å²) in [6.45, 7) is 3.65. The Morgan fingerprint density at radius 3 is 2.69 bits per heavy atom. The van der Waals surface area contributed by atoms with Crippen molar-refractivity contribution in [3.05, 3.63) is 17.7 Å². The van der Waals surface area contributed by atoms with Gasteiger partial charge in [0.05, 0.1) is 24.6 Å². The Balaban J connectivity index is 1.73. The minimum absolute atomic E-state index is 0.0791. The maximum atomic E-state index is 13.6. The van der Waals surface area contributed by atoms with Gasteiger partial charge in [-0.1, -0.05) is 21.6 Å². The van der Waals surface area contributed by atoms with Crippen molar-refractivity contribution in [1.29, 1.82) is 5.26 Å². The molecule has 1 aromatic carbocycles. The molecular weight excluding hydrogens is 414 g/mol. The number of piperazine rings is 1. The van der Waals surface area contributed by atoms with E-state index < -0.39 is 21.2 Å². The summed E-state index contributed by atoms with van der Waals surface area (Å²) in [7, 11) is 5.97. The molecule has 0 saturated carbocycles. The average Bonchev–Trinajstić information content (AvgIpc) is 3.29. The number of methoxy groups -OCH3 is 1. The number of ether oxygens (including phenoxy) is 3. The highest BCUT2D eigenvalue weighted by atomic mass is 33.1. The molecular formula is C19H19N3O5S2. The first-order valence-electron chi connectivity index (χ1n) is 9.09. The maximum Gasteiger partial charge on any atom is 0.261 e. The van der Waals surface area contributed by atoms with E-state index in [4.69, 9.17) is 14.2 Å². The maximum absolute atomic E-state index is 13.6. The summed E-state index contributed by atoms with van der Waals surface area (Å²) in [4.78, 5) is 28.0. The number of rotatable bonds is 2. The third-order valence-electron chi connectivity index (χ3n) is 6.35. The van der Waals surface area contributed by atoms with Crippen LogP contribution in [0.4, 0.5) is 0 Å². The SMILES string of the molecule is COc1cc([C@H]2N3C(=O)C4(C)SSC3(C[C@]2(C)C#N)C(=O)N4C)cc2c1OCO2. The van der Waals surface area contributed by atoms with Crippen molar-refractivity contribution in [2.75, 3.05) is 21.0 Å². The Kier molecular flexibility index (Phi) is 3.67. The topological polar surface area (TPSA) is 92.1 Å². The van der Waals surface area contributed by atoms with E-state index in [1.807, 2.05) is 6.92 Å². The molecule has 152 valence electrons. The van der Waals surface area contributed by atoms with E-state index in [0.29, 0.717) is 22.8 Å². The van der Waals surface area contributed by atoms with Gasteiger partial charge in [0.25, 0.3) is 11.8 Å². The molecule has 4 saturated heterocycles. The Morgan fingerprint density at radius 2 is 2.00 bits per heavy atom. The number of hydrogen-bond donors (Lipinski definition) is 0. The van der Waals surface area contributed by atoms with Crippen molar-refractivity contribution >= 4 is 33.4 Å². The number of nitrogens with zero attached hydrogens (tertiary/aromatic N) is 3. The van der Waals surface area contributed by atoms with Gasteiger partial charge in [0, 0.05) is 13.5 Å². The number of likely N-dealkylation sites (N-methyl/N-ethyl adjacent to an activating group) is 1. The number of carbonyl (C=O) groups excluding carboxylic acids is 2.